The third kappa shape index (κ3) is 5.33. The second kappa shape index (κ2) is 9.84. The fraction of sp³-hybridized carbons (Fsp3) is 0.182. The normalized spacial score (nSPS) is 10.4. The molecule has 0 spiro atoms. The number of carbonyl (C=O) groups is 1. The average molecular weight is 429 g/mol. The summed E-state index contributed by atoms with van der Waals surface area (Å²) >= 11 is 5.80. The minimum Gasteiger partial charge on any atom is -0.495 e. The van der Waals surface area contributed by atoms with Crippen LogP contribution in [0.5, 0.6) is 17.2 Å². The molecule has 0 saturated carbocycles. The van der Waals surface area contributed by atoms with Gasteiger partial charge in [0, 0.05) is 18.3 Å². The topological polar surface area (TPSA) is 89.9 Å². The molecule has 8 heteroatoms. The molecule has 2 aromatic carbocycles. The molecule has 1 heterocycles. The Morgan fingerprint density at radius 1 is 1.00 bits per heavy atom. The molecule has 0 aliphatic carbocycles. The first-order valence-corrected chi connectivity index (χ1v) is 9.43. The van der Waals surface area contributed by atoms with Crippen molar-refractivity contribution >= 4 is 23.3 Å². The highest BCUT2D eigenvalue weighted by molar-refractivity contribution is 6.29. The van der Waals surface area contributed by atoms with Crippen molar-refractivity contribution in [2.75, 3.05) is 19.5 Å². The van der Waals surface area contributed by atoms with E-state index in [1.807, 2.05) is 24.3 Å². The predicted octanol–water partition coefficient (Wildman–Crippen LogP) is 4.64. The zero-order chi connectivity index (χ0) is 21.5. The molecule has 30 heavy (non-hydrogen) atoms. The Morgan fingerprint density at radius 3 is 2.40 bits per heavy atom. The maximum atomic E-state index is 11.2. The number of rotatable bonds is 9. The van der Waals surface area contributed by atoms with Crippen molar-refractivity contribution in [3.63, 3.8) is 0 Å². The summed E-state index contributed by atoms with van der Waals surface area (Å²) in [5.74, 6) is 0.743. The molecule has 0 fully saturated rings. The number of carboxylic acid groups (broad SMARTS) is 1. The number of nitrogens with one attached hydrogen (secondary N) is 1. The van der Waals surface area contributed by atoms with E-state index < -0.39 is 5.97 Å². The number of nitrogens with zero attached hydrogens (tertiary/aromatic N) is 1. The van der Waals surface area contributed by atoms with E-state index in [2.05, 4.69) is 10.3 Å². The van der Waals surface area contributed by atoms with Crippen LogP contribution >= 0.6 is 11.6 Å². The van der Waals surface area contributed by atoms with Gasteiger partial charge in [0.05, 0.1) is 25.5 Å². The molecule has 0 aliphatic rings. The van der Waals surface area contributed by atoms with Gasteiger partial charge in [-0.2, -0.15) is 0 Å². The Morgan fingerprint density at radius 2 is 1.73 bits per heavy atom. The number of anilines is 1. The molecular formula is C22H21ClN2O5. The Labute approximate surface area is 179 Å². The number of aromatic carboxylic acids is 1. The molecular weight excluding hydrogens is 408 g/mol. The maximum Gasteiger partial charge on any atom is 0.335 e. The summed E-state index contributed by atoms with van der Waals surface area (Å²) in [6, 6.07) is 13.8. The lowest BCUT2D eigenvalue weighted by atomic mass is 10.1. The van der Waals surface area contributed by atoms with Crippen molar-refractivity contribution in [2.45, 2.75) is 13.2 Å². The Bertz CT molecular complexity index is 1020. The summed E-state index contributed by atoms with van der Waals surface area (Å²) in [4.78, 5) is 15.3. The van der Waals surface area contributed by atoms with Gasteiger partial charge in [0.15, 0.2) is 11.5 Å². The van der Waals surface area contributed by atoms with Crippen LogP contribution in [-0.2, 0) is 13.2 Å². The van der Waals surface area contributed by atoms with E-state index in [9.17, 15) is 9.90 Å². The van der Waals surface area contributed by atoms with Gasteiger partial charge in [0.25, 0.3) is 0 Å². The third-order valence-electron chi connectivity index (χ3n) is 4.34. The molecule has 156 valence electrons. The number of aromatic nitrogens is 1. The fourth-order valence-corrected chi connectivity index (χ4v) is 2.88. The number of hydrogen-bond acceptors (Lipinski definition) is 6. The summed E-state index contributed by atoms with van der Waals surface area (Å²) in [5.41, 5.74) is 2.58. The maximum absolute atomic E-state index is 11.2. The summed E-state index contributed by atoms with van der Waals surface area (Å²) in [6.07, 6.45) is 1.66. The lowest BCUT2D eigenvalue weighted by Crippen LogP contribution is -2.05. The molecule has 0 unspecified atom stereocenters. The zero-order valence-electron chi connectivity index (χ0n) is 16.5. The molecule has 1 aromatic heterocycles. The minimum atomic E-state index is -1.00. The van der Waals surface area contributed by atoms with E-state index in [0.29, 0.717) is 41.2 Å². The van der Waals surface area contributed by atoms with Gasteiger partial charge in [0.1, 0.15) is 17.5 Å². The van der Waals surface area contributed by atoms with E-state index in [1.165, 1.54) is 19.2 Å². The van der Waals surface area contributed by atoms with Crippen molar-refractivity contribution in [3.05, 3.63) is 76.6 Å². The van der Waals surface area contributed by atoms with E-state index in [-0.39, 0.29) is 5.56 Å². The van der Waals surface area contributed by atoms with Crippen molar-refractivity contribution in [2.24, 2.45) is 0 Å². The number of hydrogen-bond donors (Lipinski definition) is 2. The number of ether oxygens (including phenoxy) is 3. The number of carboxylic acids is 1. The van der Waals surface area contributed by atoms with E-state index in [0.717, 1.165) is 11.1 Å². The van der Waals surface area contributed by atoms with Gasteiger partial charge >= 0.3 is 5.97 Å². The quantitative estimate of drug-likeness (QED) is 0.480. The Kier molecular flexibility index (Phi) is 6.98. The lowest BCUT2D eigenvalue weighted by Gasteiger charge is -2.14. The van der Waals surface area contributed by atoms with Crippen LogP contribution < -0.4 is 19.5 Å². The summed E-state index contributed by atoms with van der Waals surface area (Å²) in [6.45, 7) is 0.772. The van der Waals surface area contributed by atoms with Gasteiger partial charge in [-0.05, 0) is 42.0 Å². The van der Waals surface area contributed by atoms with Crippen LogP contribution in [0.2, 0.25) is 5.15 Å². The average Bonchev–Trinajstić information content (AvgIpc) is 2.77. The van der Waals surface area contributed by atoms with E-state index in [1.54, 1.807) is 25.4 Å². The lowest BCUT2D eigenvalue weighted by molar-refractivity contribution is 0.0697. The molecule has 0 bridgehead atoms. The van der Waals surface area contributed by atoms with Crippen LogP contribution in [0, 0.1) is 0 Å². The highest BCUT2D eigenvalue weighted by Gasteiger charge is 2.10. The molecule has 0 amide bonds. The predicted molar refractivity (Wildman–Crippen MR) is 114 cm³/mol. The standard InChI is InChI=1S/C22H21ClN2O5/c1-28-18-7-5-16(22(26)27)10-17(18)24-11-14-3-6-19(20(9-14)29-2)30-13-15-4-8-21(23)25-12-15/h3-10,12,24H,11,13H2,1-2H3,(H,26,27). The minimum absolute atomic E-state index is 0.177. The number of halogens is 1. The largest absolute Gasteiger partial charge is 0.495 e. The molecule has 0 atom stereocenters. The highest BCUT2D eigenvalue weighted by Crippen LogP contribution is 2.30. The van der Waals surface area contributed by atoms with Gasteiger partial charge in [0.2, 0.25) is 0 Å². The Balaban J connectivity index is 1.69. The van der Waals surface area contributed by atoms with Gasteiger partial charge < -0.3 is 24.6 Å². The first-order valence-electron chi connectivity index (χ1n) is 9.05. The number of benzene rings is 2. The second-order valence-corrected chi connectivity index (χ2v) is 6.72. The van der Waals surface area contributed by atoms with Crippen LogP contribution in [0.1, 0.15) is 21.5 Å². The van der Waals surface area contributed by atoms with E-state index in [4.69, 9.17) is 25.8 Å². The SMILES string of the molecule is COc1ccc(C(=O)O)cc1NCc1ccc(OCc2ccc(Cl)nc2)c(OC)c1. The van der Waals surface area contributed by atoms with Gasteiger partial charge in [-0.3, -0.25) is 0 Å². The van der Waals surface area contributed by atoms with Crippen LogP contribution in [0.25, 0.3) is 0 Å². The fourth-order valence-electron chi connectivity index (χ4n) is 2.77. The molecule has 3 rings (SSSR count). The molecule has 0 aliphatic heterocycles. The van der Waals surface area contributed by atoms with Crippen LogP contribution in [-0.4, -0.2) is 30.3 Å². The summed E-state index contributed by atoms with van der Waals surface area (Å²) < 4.78 is 16.6. The Hall–Kier alpha value is -3.45. The number of pyridine rings is 1. The third-order valence-corrected chi connectivity index (χ3v) is 4.56. The molecule has 7 nitrogen and oxygen atoms in total. The monoisotopic (exact) mass is 428 g/mol. The van der Waals surface area contributed by atoms with Crippen LogP contribution in [0.3, 0.4) is 0 Å². The molecule has 2 N–H and O–H groups in total. The van der Waals surface area contributed by atoms with Gasteiger partial charge in [-0.25, -0.2) is 9.78 Å². The molecule has 0 radical (unpaired) electrons. The van der Waals surface area contributed by atoms with Crippen LogP contribution in [0.15, 0.2) is 54.7 Å². The van der Waals surface area contributed by atoms with Crippen molar-refractivity contribution in [3.8, 4) is 17.2 Å². The first kappa shape index (κ1) is 21.3. The van der Waals surface area contributed by atoms with E-state index >= 15 is 0 Å². The van der Waals surface area contributed by atoms with Crippen molar-refractivity contribution in [1.82, 2.24) is 4.98 Å². The second-order valence-electron chi connectivity index (χ2n) is 6.34. The molecule has 0 saturated heterocycles. The van der Waals surface area contributed by atoms with Crippen LogP contribution in [0.4, 0.5) is 5.69 Å². The highest BCUT2D eigenvalue weighted by atomic mass is 35.5. The zero-order valence-corrected chi connectivity index (χ0v) is 17.3. The van der Waals surface area contributed by atoms with Gasteiger partial charge in [-0.15, -0.1) is 0 Å². The summed E-state index contributed by atoms with van der Waals surface area (Å²) in [5, 5.41) is 12.8. The first-order chi connectivity index (χ1) is 14.5. The summed E-state index contributed by atoms with van der Waals surface area (Å²) in [7, 11) is 3.11. The smallest absolute Gasteiger partial charge is 0.335 e. The van der Waals surface area contributed by atoms with Gasteiger partial charge in [-0.1, -0.05) is 23.7 Å². The van der Waals surface area contributed by atoms with Crippen molar-refractivity contribution < 1.29 is 24.1 Å². The molecule has 3 aromatic rings. The van der Waals surface area contributed by atoms with Crippen molar-refractivity contribution in [1.29, 1.82) is 0 Å². The number of methoxy groups -OCH3 is 2.